The van der Waals surface area contributed by atoms with Crippen LogP contribution in [0, 0.1) is 5.82 Å². The lowest BCUT2D eigenvalue weighted by molar-refractivity contribution is 0.174. The van der Waals surface area contributed by atoms with Crippen LogP contribution >= 0.6 is 0 Å². The van der Waals surface area contributed by atoms with Crippen LogP contribution in [0.2, 0.25) is 0 Å². The number of benzene rings is 3. The molecule has 0 aliphatic carbocycles. The average molecular weight is 412 g/mol. The van der Waals surface area contributed by atoms with Gasteiger partial charge in [0.1, 0.15) is 16.9 Å². The van der Waals surface area contributed by atoms with Gasteiger partial charge in [0, 0.05) is 5.39 Å². The fourth-order valence-corrected chi connectivity index (χ4v) is 4.03. The highest BCUT2D eigenvalue weighted by Crippen LogP contribution is 2.37. The molecule has 0 unspecified atom stereocenters. The second-order valence-corrected chi connectivity index (χ2v) is 7.55. The van der Waals surface area contributed by atoms with Crippen molar-refractivity contribution in [2.75, 3.05) is 6.79 Å². The van der Waals surface area contributed by atoms with E-state index in [0.717, 1.165) is 44.6 Å². The molecule has 1 aliphatic heterocycles. The van der Waals surface area contributed by atoms with Gasteiger partial charge in [-0.15, -0.1) is 5.10 Å². The molecule has 0 fully saturated rings. The number of aromatic nitrogens is 4. The van der Waals surface area contributed by atoms with Crippen molar-refractivity contribution < 1.29 is 13.9 Å². The van der Waals surface area contributed by atoms with E-state index in [1.807, 2.05) is 41.9 Å². The molecule has 3 heterocycles. The van der Waals surface area contributed by atoms with E-state index in [9.17, 15) is 4.39 Å². The summed E-state index contributed by atoms with van der Waals surface area (Å²) in [4.78, 5) is 4.55. The zero-order chi connectivity index (χ0) is 20.9. The van der Waals surface area contributed by atoms with Gasteiger partial charge in [-0.1, -0.05) is 29.5 Å². The molecule has 5 aromatic rings. The third-order valence-corrected chi connectivity index (χ3v) is 5.72. The van der Waals surface area contributed by atoms with Crippen LogP contribution in [0.4, 0.5) is 4.39 Å². The zero-order valence-electron chi connectivity index (χ0n) is 16.6. The Morgan fingerprint density at radius 1 is 0.903 bits per heavy atom. The van der Waals surface area contributed by atoms with Crippen molar-refractivity contribution in [3.63, 3.8) is 0 Å². The van der Waals surface area contributed by atoms with E-state index >= 15 is 0 Å². The lowest BCUT2D eigenvalue weighted by atomic mass is 10.0. The van der Waals surface area contributed by atoms with E-state index in [4.69, 9.17) is 9.47 Å². The van der Waals surface area contributed by atoms with Crippen LogP contribution in [0.3, 0.4) is 0 Å². The number of pyridine rings is 1. The maximum Gasteiger partial charge on any atom is 0.231 e. The highest BCUT2D eigenvalue weighted by Gasteiger charge is 2.18. The summed E-state index contributed by atoms with van der Waals surface area (Å²) < 4.78 is 26.2. The van der Waals surface area contributed by atoms with Gasteiger partial charge in [0.25, 0.3) is 0 Å². The van der Waals surface area contributed by atoms with Crippen molar-refractivity contribution >= 4 is 21.9 Å². The first-order valence-corrected chi connectivity index (χ1v) is 9.96. The van der Waals surface area contributed by atoms with Crippen molar-refractivity contribution in [1.29, 1.82) is 0 Å². The Morgan fingerprint density at radius 3 is 2.55 bits per heavy atom. The van der Waals surface area contributed by atoms with Gasteiger partial charge in [-0.3, -0.25) is 4.98 Å². The molecule has 0 saturated carbocycles. The van der Waals surface area contributed by atoms with E-state index in [0.29, 0.717) is 5.52 Å². The van der Waals surface area contributed by atoms with E-state index in [-0.39, 0.29) is 18.7 Å². The molecule has 6 nitrogen and oxygen atoms in total. The molecule has 31 heavy (non-hydrogen) atoms. The third-order valence-electron chi connectivity index (χ3n) is 5.72. The fourth-order valence-electron chi connectivity index (χ4n) is 4.03. The van der Waals surface area contributed by atoms with Gasteiger partial charge in [0.2, 0.25) is 6.79 Å². The minimum atomic E-state index is -0.262. The highest BCUT2D eigenvalue weighted by atomic mass is 19.1. The monoisotopic (exact) mass is 412 g/mol. The van der Waals surface area contributed by atoms with E-state index in [1.165, 1.54) is 12.1 Å². The molecule has 152 valence electrons. The molecule has 7 heteroatoms. The summed E-state index contributed by atoms with van der Waals surface area (Å²) in [6, 6.07) is 18.4. The molecule has 1 aliphatic rings. The molecule has 0 bridgehead atoms. The summed E-state index contributed by atoms with van der Waals surface area (Å²) in [6.45, 7) is 2.27. The topological polar surface area (TPSA) is 62.1 Å². The SMILES string of the molecule is C[C@@H](c1ccc(F)cc1)n1nnc2cnc3ccc(-c4ccc5c(c4)OCO5)cc3c21. The van der Waals surface area contributed by atoms with Crippen molar-refractivity contribution in [3.8, 4) is 22.6 Å². The molecule has 0 N–H and O–H groups in total. The molecule has 0 radical (unpaired) electrons. The van der Waals surface area contributed by atoms with Gasteiger partial charge in [-0.05, 0) is 60.0 Å². The molecule has 1 atom stereocenters. The zero-order valence-corrected chi connectivity index (χ0v) is 16.6. The van der Waals surface area contributed by atoms with Gasteiger partial charge in [0.05, 0.1) is 17.8 Å². The Hall–Kier alpha value is -4.00. The smallest absolute Gasteiger partial charge is 0.231 e. The summed E-state index contributed by atoms with van der Waals surface area (Å²) >= 11 is 0. The standard InChI is InChI=1S/C24H17FN4O2/c1-14(15-2-6-18(25)7-3-15)29-24-19-10-16(4-8-20(19)26-12-21(24)27-28-29)17-5-9-22-23(11-17)31-13-30-22/h2-12,14H,13H2,1H3/t14-/m0/s1. The van der Waals surface area contributed by atoms with Crippen LogP contribution in [0.5, 0.6) is 11.5 Å². The second-order valence-electron chi connectivity index (χ2n) is 7.55. The van der Waals surface area contributed by atoms with Crippen LogP contribution < -0.4 is 9.47 Å². The minimum Gasteiger partial charge on any atom is -0.454 e. The molecule has 6 rings (SSSR count). The van der Waals surface area contributed by atoms with Crippen molar-refractivity contribution in [2.24, 2.45) is 0 Å². The number of halogens is 1. The number of ether oxygens (including phenoxy) is 2. The fraction of sp³-hybridized carbons (Fsp3) is 0.125. The quantitative estimate of drug-likeness (QED) is 0.411. The average Bonchev–Trinajstić information content (AvgIpc) is 3.45. The minimum absolute atomic E-state index is 0.120. The number of hydrogen-bond acceptors (Lipinski definition) is 5. The molecule has 0 spiro atoms. The summed E-state index contributed by atoms with van der Waals surface area (Å²) in [5.41, 5.74) is 5.46. The first-order valence-electron chi connectivity index (χ1n) is 9.96. The molecular formula is C24H17FN4O2. The first-order chi connectivity index (χ1) is 15.2. The van der Waals surface area contributed by atoms with E-state index in [2.05, 4.69) is 21.4 Å². The summed E-state index contributed by atoms with van der Waals surface area (Å²) in [7, 11) is 0. The number of nitrogens with zero attached hydrogens (tertiary/aromatic N) is 4. The summed E-state index contributed by atoms with van der Waals surface area (Å²) in [6.07, 6.45) is 1.73. The largest absolute Gasteiger partial charge is 0.454 e. The highest BCUT2D eigenvalue weighted by molar-refractivity contribution is 6.03. The van der Waals surface area contributed by atoms with Crippen molar-refractivity contribution in [3.05, 3.63) is 78.2 Å². The Labute approximate surface area is 176 Å². The maximum atomic E-state index is 13.4. The van der Waals surface area contributed by atoms with Crippen LogP contribution in [-0.4, -0.2) is 26.8 Å². The Morgan fingerprint density at radius 2 is 1.68 bits per heavy atom. The van der Waals surface area contributed by atoms with Gasteiger partial charge >= 0.3 is 0 Å². The predicted molar refractivity (Wildman–Crippen MR) is 115 cm³/mol. The second kappa shape index (κ2) is 6.77. The first kappa shape index (κ1) is 17.8. The van der Waals surface area contributed by atoms with Crippen molar-refractivity contribution in [1.82, 2.24) is 20.0 Å². The van der Waals surface area contributed by atoms with Gasteiger partial charge in [-0.2, -0.15) is 0 Å². The Kier molecular flexibility index (Phi) is 3.89. The molecule has 3 aromatic carbocycles. The van der Waals surface area contributed by atoms with Gasteiger partial charge in [-0.25, -0.2) is 9.07 Å². The van der Waals surface area contributed by atoms with Gasteiger partial charge in [0.15, 0.2) is 11.5 Å². The molecule has 0 saturated heterocycles. The molecule has 2 aromatic heterocycles. The lowest BCUT2D eigenvalue weighted by Crippen LogP contribution is -2.09. The van der Waals surface area contributed by atoms with Gasteiger partial charge < -0.3 is 9.47 Å². The van der Waals surface area contributed by atoms with Crippen LogP contribution in [0.25, 0.3) is 33.1 Å². The number of fused-ring (bicyclic) bond motifs is 4. The van der Waals surface area contributed by atoms with E-state index < -0.39 is 0 Å². The maximum absolute atomic E-state index is 13.4. The van der Waals surface area contributed by atoms with Crippen LogP contribution in [-0.2, 0) is 0 Å². The van der Waals surface area contributed by atoms with Crippen LogP contribution in [0.1, 0.15) is 18.5 Å². The normalized spacial score (nSPS) is 13.7. The van der Waals surface area contributed by atoms with E-state index in [1.54, 1.807) is 18.3 Å². The summed E-state index contributed by atoms with van der Waals surface area (Å²) in [5.74, 6) is 1.23. The third kappa shape index (κ3) is 2.89. The Balaban J connectivity index is 1.52. The summed E-state index contributed by atoms with van der Waals surface area (Å²) in [5, 5.41) is 9.66. The lowest BCUT2D eigenvalue weighted by Gasteiger charge is -2.14. The molecular weight excluding hydrogens is 395 g/mol. The number of rotatable bonds is 3. The molecule has 0 amide bonds. The number of hydrogen-bond donors (Lipinski definition) is 0. The van der Waals surface area contributed by atoms with Crippen LogP contribution in [0.15, 0.2) is 66.9 Å². The predicted octanol–water partition coefficient (Wildman–Crippen LogP) is 5.12. The van der Waals surface area contributed by atoms with Crippen molar-refractivity contribution in [2.45, 2.75) is 13.0 Å². The Bertz CT molecular complexity index is 1450.